The highest BCUT2D eigenvalue weighted by Crippen LogP contribution is 2.39. The Hall–Kier alpha value is -1.00. The van der Waals surface area contributed by atoms with Gasteiger partial charge in [-0.05, 0) is 36.6 Å². The molecular weight excluding hydrogens is 280 g/mol. The van der Waals surface area contributed by atoms with Gasteiger partial charge in [-0.25, -0.2) is 0 Å². The van der Waals surface area contributed by atoms with Crippen molar-refractivity contribution in [1.29, 1.82) is 0 Å². The highest BCUT2D eigenvalue weighted by molar-refractivity contribution is 8.00. The standard InChI is InChI=1S/C17H24N2OS/c1-21-17(8-4-5-9-17)12-19-16(20)15-10-13-6-2-3-7-14(13)11-18-15/h2-3,6-7,15,18H,4-5,8-12H2,1H3,(H,19,20). The van der Waals surface area contributed by atoms with Gasteiger partial charge in [0, 0.05) is 17.8 Å². The van der Waals surface area contributed by atoms with Gasteiger partial charge in [0.15, 0.2) is 0 Å². The molecule has 4 heteroatoms. The molecule has 1 aromatic rings. The summed E-state index contributed by atoms with van der Waals surface area (Å²) in [5.74, 6) is 0.157. The van der Waals surface area contributed by atoms with Crippen LogP contribution in [0.2, 0.25) is 0 Å². The molecule has 0 saturated heterocycles. The van der Waals surface area contributed by atoms with Crippen LogP contribution in [0.1, 0.15) is 36.8 Å². The van der Waals surface area contributed by atoms with Crippen molar-refractivity contribution in [1.82, 2.24) is 10.6 Å². The molecule has 1 atom stereocenters. The van der Waals surface area contributed by atoms with Crippen LogP contribution in [0, 0.1) is 0 Å². The lowest BCUT2D eigenvalue weighted by Crippen LogP contribution is -2.50. The zero-order chi connectivity index (χ0) is 14.7. The maximum Gasteiger partial charge on any atom is 0.237 e. The van der Waals surface area contributed by atoms with E-state index in [0.29, 0.717) is 0 Å². The van der Waals surface area contributed by atoms with Crippen molar-refractivity contribution in [3.8, 4) is 0 Å². The van der Waals surface area contributed by atoms with E-state index in [2.05, 4.69) is 41.2 Å². The largest absolute Gasteiger partial charge is 0.353 e. The minimum absolute atomic E-state index is 0.0831. The van der Waals surface area contributed by atoms with Crippen molar-refractivity contribution in [2.24, 2.45) is 0 Å². The molecule has 114 valence electrons. The van der Waals surface area contributed by atoms with Crippen molar-refractivity contribution in [3.63, 3.8) is 0 Å². The number of hydrogen-bond acceptors (Lipinski definition) is 3. The van der Waals surface area contributed by atoms with Crippen molar-refractivity contribution in [3.05, 3.63) is 35.4 Å². The van der Waals surface area contributed by atoms with Gasteiger partial charge in [0.05, 0.1) is 6.04 Å². The Labute approximate surface area is 131 Å². The molecule has 0 spiro atoms. The summed E-state index contributed by atoms with van der Waals surface area (Å²) < 4.78 is 0.280. The van der Waals surface area contributed by atoms with Crippen LogP contribution in [-0.2, 0) is 17.8 Å². The molecular formula is C17H24N2OS. The molecule has 0 bridgehead atoms. The highest BCUT2D eigenvalue weighted by Gasteiger charge is 2.34. The number of carbonyl (C=O) groups is 1. The Morgan fingerprint density at radius 2 is 2.05 bits per heavy atom. The molecule has 1 aromatic carbocycles. The van der Waals surface area contributed by atoms with E-state index in [0.717, 1.165) is 19.5 Å². The van der Waals surface area contributed by atoms with Gasteiger partial charge in [-0.2, -0.15) is 11.8 Å². The summed E-state index contributed by atoms with van der Waals surface area (Å²) in [6, 6.07) is 8.30. The second-order valence-electron chi connectivity index (χ2n) is 6.22. The summed E-state index contributed by atoms with van der Waals surface area (Å²) in [5, 5.41) is 6.56. The van der Waals surface area contributed by atoms with E-state index in [1.807, 2.05) is 11.8 Å². The van der Waals surface area contributed by atoms with Crippen LogP contribution in [0.15, 0.2) is 24.3 Å². The summed E-state index contributed by atoms with van der Waals surface area (Å²) >= 11 is 1.92. The number of benzene rings is 1. The molecule has 1 heterocycles. The SMILES string of the molecule is CSC1(CNC(=O)C2Cc3ccccc3CN2)CCCC1. The molecule has 1 unspecified atom stereocenters. The zero-order valence-electron chi connectivity index (χ0n) is 12.7. The minimum Gasteiger partial charge on any atom is -0.353 e. The fraction of sp³-hybridized carbons (Fsp3) is 0.588. The molecule has 2 N–H and O–H groups in total. The average molecular weight is 304 g/mol. The lowest BCUT2D eigenvalue weighted by Gasteiger charge is -2.30. The third kappa shape index (κ3) is 3.27. The second kappa shape index (κ2) is 6.41. The minimum atomic E-state index is -0.0831. The van der Waals surface area contributed by atoms with Crippen LogP contribution >= 0.6 is 11.8 Å². The monoisotopic (exact) mass is 304 g/mol. The maximum atomic E-state index is 12.4. The molecule has 0 radical (unpaired) electrons. The van der Waals surface area contributed by atoms with Crippen molar-refractivity contribution < 1.29 is 4.79 Å². The van der Waals surface area contributed by atoms with Gasteiger partial charge in [0.25, 0.3) is 0 Å². The van der Waals surface area contributed by atoms with E-state index < -0.39 is 0 Å². The normalized spacial score (nSPS) is 23.6. The second-order valence-corrected chi connectivity index (χ2v) is 7.49. The Kier molecular flexibility index (Phi) is 4.55. The van der Waals surface area contributed by atoms with Crippen LogP contribution in [0.3, 0.4) is 0 Å². The maximum absolute atomic E-state index is 12.4. The molecule has 1 fully saturated rings. The first-order chi connectivity index (χ1) is 10.2. The molecule has 1 saturated carbocycles. The summed E-state index contributed by atoms with van der Waals surface area (Å²) in [4.78, 5) is 12.4. The van der Waals surface area contributed by atoms with Gasteiger partial charge in [-0.1, -0.05) is 37.1 Å². The molecule has 1 amide bonds. The lowest BCUT2D eigenvalue weighted by molar-refractivity contribution is -0.123. The number of rotatable bonds is 4. The first kappa shape index (κ1) is 14.9. The molecule has 3 nitrogen and oxygen atoms in total. The Bertz CT molecular complexity index is 511. The molecule has 3 rings (SSSR count). The lowest BCUT2D eigenvalue weighted by atomic mass is 9.95. The van der Waals surface area contributed by atoms with Crippen LogP contribution < -0.4 is 10.6 Å². The number of fused-ring (bicyclic) bond motifs is 1. The van der Waals surface area contributed by atoms with Crippen molar-refractivity contribution in [2.75, 3.05) is 12.8 Å². The summed E-state index contributed by atoms with van der Waals surface area (Å²) in [7, 11) is 0. The predicted molar refractivity (Wildman–Crippen MR) is 88.5 cm³/mol. The van der Waals surface area contributed by atoms with E-state index in [1.54, 1.807) is 0 Å². The summed E-state index contributed by atoms with van der Waals surface area (Å²) in [5.41, 5.74) is 2.62. The van der Waals surface area contributed by atoms with Gasteiger partial charge >= 0.3 is 0 Å². The number of amides is 1. The topological polar surface area (TPSA) is 41.1 Å². The smallest absolute Gasteiger partial charge is 0.237 e. The number of thioether (sulfide) groups is 1. The summed E-state index contributed by atoms with van der Waals surface area (Å²) in [6.07, 6.45) is 8.03. The third-order valence-corrected chi connectivity index (χ3v) is 6.35. The predicted octanol–water partition coefficient (Wildman–Crippen LogP) is 2.49. The quantitative estimate of drug-likeness (QED) is 0.898. The van der Waals surface area contributed by atoms with Gasteiger partial charge in [-0.3, -0.25) is 4.79 Å². The van der Waals surface area contributed by atoms with E-state index >= 15 is 0 Å². The fourth-order valence-corrected chi connectivity index (χ4v) is 4.40. The molecule has 2 aliphatic rings. The highest BCUT2D eigenvalue weighted by atomic mass is 32.2. The van der Waals surface area contributed by atoms with Crippen LogP contribution in [0.4, 0.5) is 0 Å². The van der Waals surface area contributed by atoms with Crippen molar-refractivity contribution in [2.45, 2.75) is 49.4 Å². The van der Waals surface area contributed by atoms with E-state index in [-0.39, 0.29) is 16.7 Å². The van der Waals surface area contributed by atoms with E-state index in [1.165, 1.54) is 36.8 Å². The van der Waals surface area contributed by atoms with Crippen LogP contribution in [-0.4, -0.2) is 29.5 Å². The molecule has 21 heavy (non-hydrogen) atoms. The van der Waals surface area contributed by atoms with E-state index in [4.69, 9.17) is 0 Å². The fourth-order valence-electron chi connectivity index (χ4n) is 3.48. The Balaban J connectivity index is 1.57. The first-order valence-electron chi connectivity index (χ1n) is 7.85. The molecule has 1 aliphatic carbocycles. The third-order valence-electron chi connectivity index (χ3n) is 4.93. The van der Waals surface area contributed by atoms with Gasteiger partial charge < -0.3 is 10.6 Å². The van der Waals surface area contributed by atoms with Gasteiger partial charge in [0.1, 0.15) is 0 Å². The van der Waals surface area contributed by atoms with Gasteiger partial charge in [0.2, 0.25) is 5.91 Å². The Morgan fingerprint density at radius 1 is 1.33 bits per heavy atom. The first-order valence-corrected chi connectivity index (χ1v) is 9.08. The van der Waals surface area contributed by atoms with Crippen LogP contribution in [0.5, 0.6) is 0 Å². The van der Waals surface area contributed by atoms with E-state index in [9.17, 15) is 4.79 Å². The number of carbonyl (C=O) groups excluding carboxylic acids is 1. The number of hydrogen-bond donors (Lipinski definition) is 2. The number of nitrogens with one attached hydrogen (secondary N) is 2. The Morgan fingerprint density at radius 3 is 2.76 bits per heavy atom. The zero-order valence-corrected chi connectivity index (χ0v) is 13.5. The molecule has 1 aliphatic heterocycles. The molecule has 0 aromatic heterocycles. The summed E-state index contributed by atoms with van der Waals surface area (Å²) in [6.45, 7) is 1.61. The van der Waals surface area contributed by atoms with Gasteiger partial charge in [-0.15, -0.1) is 0 Å². The van der Waals surface area contributed by atoms with Crippen LogP contribution in [0.25, 0.3) is 0 Å². The average Bonchev–Trinajstić information content (AvgIpc) is 3.01. The van der Waals surface area contributed by atoms with Crippen molar-refractivity contribution >= 4 is 17.7 Å².